The quantitative estimate of drug-likeness (QED) is 0.723. The lowest BCUT2D eigenvalue weighted by Gasteiger charge is -2.31. The second kappa shape index (κ2) is 5.99. The highest BCUT2D eigenvalue weighted by atomic mass is 16.3. The molecule has 3 heteroatoms. The average molecular weight is 228 g/mol. The van der Waals surface area contributed by atoms with Gasteiger partial charge in [0.1, 0.15) is 0 Å². The summed E-state index contributed by atoms with van der Waals surface area (Å²) in [5.74, 6) is 1.22. The number of hydrogen-bond acceptors (Lipinski definition) is 3. The van der Waals surface area contributed by atoms with E-state index in [9.17, 15) is 5.11 Å². The van der Waals surface area contributed by atoms with Gasteiger partial charge in [0.15, 0.2) is 0 Å². The summed E-state index contributed by atoms with van der Waals surface area (Å²) in [4.78, 5) is 2.38. The van der Waals surface area contributed by atoms with E-state index in [0.29, 0.717) is 11.8 Å². The number of rotatable bonds is 6. The van der Waals surface area contributed by atoms with Gasteiger partial charge in [-0.3, -0.25) is 0 Å². The molecule has 3 nitrogen and oxygen atoms in total. The largest absolute Gasteiger partial charge is 0.394 e. The molecule has 0 bridgehead atoms. The summed E-state index contributed by atoms with van der Waals surface area (Å²) in [6, 6.07) is 0. The summed E-state index contributed by atoms with van der Waals surface area (Å²) in [5.41, 5.74) is 5.93. The maximum atomic E-state index is 9.37. The van der Waals surface area contributed by atoms with Gasteiger partial charge < -0.3 is 15.7 Å². The molecule has 1 rings (SSSR count). The van der Waals surface area contributed by atoms with Crippen molar-refractivity contribution in [2.75, 3.05) is 26.7 Å². The Labute approximate surface area is 100 Å². The van der Waals surface area contributed by atoms with E-state index in [-0.39, 0.29) is 12.1 Å². The van der Waals surface area contributed by atoms with Crippen LogP contribution in [-0.2, 0) is 0 Å². The molecule has 0 aromatic heterocycles. The summed E-state index contributed by atoms with van der Waals surface area (Å²) in [7, 11) is 2.17. The summed E-state index contributed by atoms with van der Waals surface area (Å²) >= 11 is 0. The van der Waals surface area contributed by atoms with Crippen LogP contribution in [-0.4, -0.2) is 42.3 Å². The minimum atomic E-state index is -0.293. The van der Waals surface area contributed by atoms with Gasteiger partial charge in [-0.15, -0.1) is 0 Å². The monoisotopic (exact) mass is 228 g/mol. The van der Waals surface area contributed by atoms with Crippen molar-refractivity contribution in [3.8, 4) is 0 Å². The highest BCUT2D eigenvalue weighted by Crippen LogP contribution is 2.35. The highest BCUT2D eigenvalue weighted by molar-refractivity contribution is 4.96. The molecule has 1 aliphatic rings. The molecular formula is C13H28N2O. The Bertz CT molecular complexity index is 208. The summed E-state index contributed by atoms with van der Waals surface area (Å²) < 4.78 is 0. The predicted octanol–water partition coefficient (Wildman–Crippen LogP) is 1.45. The molecule has 0 aliphatic heterocycles. The topological polar surface area (TPSA) is 49.5 Å². The molecule has 0 radical (unpaired) electrons. The zero-order chi connectivity index (χ0) is 12.2. The maximum absolute atomic E-state index is 9.37. The second-order valence-electron chi connectivity index (χ2n) is 5.93. The van der Waals surface area contributed by atoms with Crippen LogP contribution < -0.4 is 5.73 Å². The Morgan fingerprint density at radius 3 is 2.75 bits per heavy atom. The molecule has 1 aliphatic carbocycles. The molecule has 96 valence electrons. The van der Waals surface area contributed by atoms with Gasteiger partial charge in [0.25, 0.3) is 0 Å². The first-order valence-electron chi connectivity index (χ1n) is 6.56. The minimum absolute atomic E-state index is 0.144. The molecule has 1 saturated carbocycles. The molecule has 1 fully saturated rings. The fourth-order valence-corrected chi connectivity index (χ4v) is 2.90. The Hall–Kier alpha value is -0.120. The molecule has 2 atom stereocenters. The third-order valence-corrected chi connectivity index (χ3v) is 3.84. The zero-order valence-corrected chi connectivity index (χ0v) is 11.1. The van der Waals surface area contributed by atoms with Crippen LogP contribution >= 0.6 is 0 Å². The fraction of sp³-hybridized carbons (Fsp3) is 1.00. The smallest absolute Gasteiger partial charge is 0.0613 e. The first-order chi connectivity index (χ1) is 7.48. The van der Waals surface area contributed by atoms with Crippen molar-refractivity contribution in [1.82, 2.24) is 4.90 Å². The standard InChI is InChI=1S/C13H28N2O/c1-11(2)9-15(3)8-6-12-5-4-7-13(12,14)10-16/h11-12,16H,4-10,14H2,1-3H3. The molecule has 0 saturated heterocycles. The number of aliphatic hydroxyl groups excluding tert-OH is 1. The molecule has 0 amide bonds. The van der Waals surface area contributed by atoms with Gasteiger partial charge in [0, 0.05) is 12.1 Å². The van der Waals surface area contributed by atoms with Gasteiger partial charge in [-0.2, -0.15) is 0 Å². The number of aliphatic hydroxyl groups is 1. The van der Waals surface area contributed by atoms with Crippen LogP contribution in [0.4, 0.5) is 0 Å². The number of nitrogens with two attached hydrogens (primary N) is 1. The van der Waals surface area contributed by atoms with Gasteiger partial charge >= 0.3 is 0 Å². The van der Waals surface area contributed by atoms with Gasteiger partial charge in [0.2, 0.25) is 0 Å². The van der Waals surface area contributed by atoms with Crippen LogP contribution in [0.3, 0.4) is 0 Å². The van der Waals surface area contributed by atoms with Crippen LogP contribution in [0.1, 0.15) is 39.5 Å². The van der Waals surface area contributed by atoms with E-state index in [2.05, 4.69) is 25.8 Å². The molecule has 0 spiro atoms. The third-order valence-electron chi connectivity index (χ3n) is 3.84. The molecule has 0 aromatic carbocycles. The molecule has 2 unspecified atom stereocenters. The molecular weight excluding hydrogens is 200 g/mol. The van der Waals surface area contributed by atoms with Gasteiger partial charge in [0.05, 0.1) is 6.61 Å². The number of hydrogen-bond donors (Lipinski definition) is 2. The second-order valence-corrected chi connectivity index (χ2v) is 5.93. The normalized spacial score (nSPS) is 30.6. The average Bonchev–Trinajstić information content (AvgIpc) is 2.57. The lowest BCUT2D eigenvalue weighted by atomic mass is 9.86. The van der Waals surface area contributed by atoms with Crippen LogP contribution in [0.2, 0.25) is 0 Å². The van der Waals surface area contributed by atoms with Crippen molar-refractivity contribution in [3.05, 3.63) is 0 Å². The van der Waals surface area contributed by atoms with Crippen LogP contribution in [0, 0.1) is 11.8 Å². The van der Waals surface area contributed by atoms with Crippen LogP contribution in [0.15, 0.2) is 0 Å². The minimum Gasteiger partial charge on any atom is -0.394 e. The van der Waals surface area contributed by atoms with E-state index in [1.54, 1.807) is 0 Å². The zero-order valence-electron chi connectivity index (χ0n) is 11.1. The summed E-state index contributed by atoms with van der Waals surface area (Å²) in [6.45, 7) is 6.87. The van der Waals surface area contributed by atoms with E-state index in [1.807, 2.05) is 0 Å². The first kappa shape index (κ1) is 13.9. The van der Waals surface area contributed by atoms with E-state index < -0.39 is 0 Å². The Kier molecular flexibility index (Phi) is 5.22. The first-order valence-corrected chi connectivity index (χ1v) is 6.56. The van der Waals surface area contributed by atoms with Crippen molar-refractivity contribution < 1.29 is 5.11 Å². The Morgan fingerprint density at radius 2 is 2.19 bits per heavy atom. The maximum Gasteiger partial charge on any atom is 0.0613 e. The SMILES string of the molecule is CC(C)CN(C)CCC1CCCC1(N)CO. The van der Waals surface area contributed by atoms with Crippen molar-refractivity contribution in [2.24, 2.45) is 17.6 Å². The Balaban J connectivity index is 2.32. The van der Waals surface area contributed by atoms with Crippen molar-refractivity contribution in [1.29, 1.82) is 0 Å². The molecule has 16 heavy (non-hydrogen) atoms. The van der Waals surface area contributed by atoms with Crippen molar-refractivity contribution in [3.63, 3.8) is 0 Å². The van der Waals surface area contributed by atoms with E-state index in [4.69, 9.17) is 5.73 Å². The molecule has 0 heterocycles. The van der Waals surface area contributed by atoms with Crippen molar-refractivity contribution >= 4 is 0 Å². The number of nitrogens with zero attached hydrogens (tertiary/aromatic N) is 1. The third kappa shape index (κ3) is 3.72. The van der Waals surface area contributed by atoms with Gasteiger partial charge in [-0.05, 0) is 44.7 Å². The van der Waals surface area contributed by atoms with Gasteiger partial charge in [-0.25, -0.2) is 0 Å². The molecule has 3 N–H and O–H groups in total. The summed E-state index contributed by atoms with van der Waals surface area (Å²) in [6.07, 6.45) is 4.48. The van der Waals surface area contributed by atoms with E-state index in [0.717, 1.165) is 25.9 Å². The molecule has 0 aromatic rings. The van der Waals surface area contributed by atoms with E-state index in [1.165, 1.54) is 12.8 Å². The predicted molar refractivity (Wildman–Crippen MR) is 68.3 cm³/mol. The Morgan fingerprint density at radius 1 is 1.50 bits per heavy atom. The van der Waals surface area contributed by atoms with Crippen LogP contribution in [0.5, 0.6) is 0 Å². The van der Waals surface area contributed by atoms with Crippen molar-refractivity contribution in [2.45, 2.75) is 45.1 Å². The fourth-order valence-electron chi connectivity index (χ4n) is 2.90. The van der Waals surface area contributed by atoms with Gasteiger partial charge in [-0.1, -0.05) is 20.3 Å². The van der Waals surface area contributed by atoms with Crippen LogP contribution in [0.25, 0.3) is 0 Å². The highest BCUT2D eigenvalue weighted by Gasteiger charge is 2.38. The lowest BCUT2D eigenvalue weighted by Crippen LogP contribution is -2.47. The lowest BCUT2D eigenvalue weighted by molar-refractivity contribution is 0.146. The van der Waals surface area contributed by atoms with E-state index >= 15 is 0 Å². The summed E-state index contributed by atoms with van der Waals surface area (Å²) in [5, 5.41) is 9.37.